The maximum atomic E-state index is 11.4. The van der Waals surface area contributed by atoms with Crippen LogP contribution in [0.3, 0.4) is 0 Å². The number of rotatable bonds is 5. The number of nitrogens with one attached hydrogen (secondary N) is 2. The van der Waals surface area contributed by atoms with Gasteiger partial charge in [0.1, 0.15) is 12.1 Å². The van der Waals surface area contributed by atoms with E-state index in [-0.39, 0.29) is 5.69 Å². The molecule has 1 aliphatic rings. The molecule has 4 rings (SSSR count). The Morgan fingerprint density at radius 1 is 1.30 bits per heavy atom. The molecule has 1 saturated carbocycles. The van der Waals surface area contributed by atoms with Gasteiger partial charge in [-0.2, -0.15) is 5.10 Å². The number of H-pyrrole nitrogens is 1. The molecule has 1 aromatic carbocycles. The van der Waals surface area contributed by atoms with Crippen molar-refractivity contribution in [3.63, 3.8) is 0 Å². The van der Waals surface area contributed by atoms with E-state index >= 15 is 0 Å². The summed E-state index contributed by atoms with van der Waals surface area (Å²) < 4.78 is 0. The van der Waals surface area contributed by atoms with Gasteiger partial charge in [0.25, 0.3) is 5.91 Å². The van der Waals surface area contributed by atoms with Crippen molar-refractivity contribution in [2.45, 2.75) is 19.3 Å². The van der Waals surface area contributed by atoms with E-state index in [2.05, 4.69) is 25.5 Å². The van der Waals surface area contributed by atoms with Gasteiger partial charge in [0.15, 0.2) is 5.69 Å². The quantitative estimate of drug-likeness (QED) is 0.669. The number of hydrogen-bond acceptors (Lipinski definition) is 5. The Hall–Kier alpha value is -2.96. The smallest absolute Gasteiger partial charge is 0.269 e. The molecule has 2 heterocycles. The minimum absolute atomic E-state index is 0.237. The van der Waals surface area contributed by atoms with Crippen LogP contribution in [0.1, 0.15) is 29.0 Å². The lowest BCUT2D eigenvalue weighted by atomic mass is 10.2. The molecular weight excluding hydrogens is 292 g/mol. The molecule has 0 aliphatic heterocycles. The van der Waals surface area contributed by atoms with Crippen molar-refractivity contribution < 1.29 is 4.79 Å². The predicted octanol–water partition coefficient (Wildman–Crippen LogP) is 2.15. The van der Waals surface area contributed by atoms with Crippen LogP contribution in [0.4, 0.5) is 11.5 Å². The molecule has 0 bridgehead atoms. The summed E-state index contributed by atoms with van der Waals surface area (Å²) >= 11 is 0. The van der Waals surface area contributed by atoms with Gasteiger partial charge in [0.05, 0.1) is 5.52 Å². The Morgan fingerprint density at radius 2 is 2.17 bits per heavy atom. The highest BCUT2D eigenvalue weighted by atomic mass is 16.1. The van der Waals surface area contributed by atoms with Crippen LogP contribution < -0.4 is 11.1 Å². The van der Waals surface area contributed by atoms with Crippen molar-refractivity contribution in [2.75, 3.05) is 5.32 Å². The van der Waals surface area contributed by atoms with E-state index in [0.29, 0.717) is 5.39 Å². The Bertz CT molecular complexity index is 883. The second kappa shape index (κ2) is 5.35. The monoisotopic (exact) mass is 308 g/mol. The number of anilines is 2. The van der Waals surface area contributed by atoms with Gasteiger partial charge in [0.2, 0.25) is 0 Å². The molecule has 1 fully saturated rings. The summed E-state index contributed by atoms with van der Waals surface area (Å²) in [6, 6.07) is 7.55. The standard InChI is InChI=1S/C16H16N6O/c17-16(23)15-12-6-10(3-4-13(12)21-22-15)20-14-7-11(18-8-19-14)5-9-1-2-9/h3-4,6-9H,1-2,5H2,(H2,17,23)(H,21,22)(H,18,19,20). The number of fused-ring (bicyclic) bond motifs is 1. The average Bonchev–Trinajstić information content (AvgIpc) is 3.24. The molecule has 1 amide bonds. The third-order valence-corrected chi connectivity index (χ3v) is 3.99. The Balaban J connectivity index is 1.61. The Labute approximate surface area is 132 Å². The van der Waals surface area contributed by atoms with Gasteiger partial charge < -0.3 is 11.1 Å². The number of carbonyl (C=O) groups excluding carboxylic acids is 1. The van der Waals surface area contributed by atoms with Crippen LogP contribution in [0.15, 0.2) is 30.6 Å². The number of nitrogens with two attached hydrogens (primary N) is 1. The van der Waals surface area contributed by atoms with Crippen molar-refractivity contribution in [3.8, 4) is 0 Å². The van der Waals surface area contributed by atoms with E-state index in [9.17, 15) is 4.79 Å². The van der Waals surface area contributed by atoms with Gasteiger partial charge in [0, 0.05) is 22.8 Å². The van der Waals surface area contributed by atoms with Crippen LogP contribution in [-0.2, 0) is 6.42 Å². The summed E-state index contributed by atoms with van der Waals surface area (Å²) in [4.78, 5) is 20.0. The summed E-state index contributed by atoms with van der Waals surface area (Å²) in [6.07, 6.45) is 5.16. The van der Waals surface area contributed by atoms with E-state index in [1.165, 1.54) is 12.8 Å². The van der Waals surface area contributed by atoms with E-state index in [1.54, 1.807) is 6.33 Å². The molecule has 0 atom stereocenters. The van der Waals surface area contributed by atoms with Gasteiger partial charge in [-0.05, 0) is 43.4 Å². The first-order valence-corrected chi connectivity index (χ1v) is 7.55. The Kier molecular flexibility index (Phi) is 3.18. The number of nitrogens with zero attached hydrogens (tertiary/aromatic N) is 3. The summed E-state index contributed by atoms with van der Waals surface area (Å²) in [5.41, 5.74) is 8.20. The number of aromatic nitrogens is 4. The first-order chi connectivity index (χ1) is 11.2. The normalized spacial score (nSPS) is 14.1. The minimum atomic E-state index is -0.554. The van der Waals surface area contributed by atoms with Crippen LogP contribution in [0.25, 0.3) is 10.9 Å². The Morgan fingerprint density at radius 3 is 2.96 bits per heavy atom. The number of aromatic amines is 1. The third-order valence-electron chi connectivity index (χ3n) is 3.99. The second-order valence-electron chi connectivity index (χ2n) is 5.86. The maximum absolute atomic E-state index is 11.4. The molecule has 23 heavy (non-hydrogen) atoms. The zero-order valence-corrected chi connectivity index (χ0v) is 12.4. The van der Waals surface area contributed by atoms with E-state index in [0.717, 1.165) is 35.1 Å². The molecule has 7 heteroatoms. The lowest BCUT2D eigenvalue weighted by Crippen LogP contribution is -2.11. The van der Waals surface area contributed by atoms with Crippen molar-refractivity contribution in [3.05, 3.63) is 42.0 Å². The molecule has 3 aromatic rings. The van der Waals surface area contributed by atoms with E-state index < -0.39 is 5.91 Å². The first kappa shape index (κ1) is 13.7. The topological polar surface area (TPSA) is 110 Å². The fourth-order valence-electron chi connectivity index (χ4n) is 2.62. The van der Waals surface area contributed by atoms with Crippen LogP contribution in [-0.4, -0.2) is 26.1 Å². The van der Waals surface area contributed by atoms with Crippen molar-refractivity contribution in [1.29, 1.82) is 0 Å². The lowest BCUT2D eigenvalue weighted by Gasteiger charge is -2.07. The first-order valence-electron chi connectivity index (χ1n) is 7.55. The molecule has 1 aliphatic carbocycles. The number of hydrogen-bond donors (Lipinski definition) is 3. The number of benzene rings is 1. The van der Waals surface area contributed by atoms with E-state index in [1.807, 2.05) is 24.3 Å². The maximum Gasteiger partial charge on any atom is 0.269 e. The molecule has 4 N–H and O–H groups in total. The third kappa shape index (κ3) is 2.85. The SMILES string of the molecule is NC(=O)c1n[nH]c2ccc(Nc3cc(CC4CC4)ncn3)cc12. The summed E-state index contributed by atoms with van der Waals surface area (Å²) in [5.74, 6) is 0.958. The molecule has 116 valence electrons. The lowest BCUT2D eigenvalue weighted by molar-refractivity contribution is 0.0997. The molecule has 7 nitrogen and oxygen atoms in total. The predicted molar refractivity (Wildman–Crippen MR) is 86.4 cm³/mol. The average molecular weight is 308 g/mol. The highest BCUT2D eigenvalue weighted by molar-refractivity contribution is 6.04. The fourth-order valence-corrected chi connectivity index (χ4v) is 2.62. The molecular formula is C16H16N6O. The van der Waals surface area contributed by atoms with Gasteiger partial charge in [-0.1, -0.05) is 0 Å². The van der Waals surface area contributed by atoms with Gasteiger partial charge in [-0.15, -0.1) is 0 Å². The largest absolute Gasteiger partial charge is 0.364 e. The fraction of sp³-hybridized carbons (Fsp3) is 0.250. The zero-order chi connectivity index (χ0) is 15.8. The zero-order valence-electron chi connectivity index (χ0n) is 12.4. The summed E-state index contributed by atoms with van der Waals surface area (Å²) in [6.45, 7) is 0. The van der Waals surface area contributed by atoms with Crippen molar-refractivity contribution in [2.24, 2.45) is 11.7 Å². The van der Waals surface area contributed by atoms with Crippen molar-refractivity contribution >= 4 is 28.3 Å². The number of primary amides is 1. The van der Waals surface area contributed by atoms with Gasteiger partial charge in [-0.3, -0.25) is 9.89 Å². The number of carbonyl (C=O) groups is 1. The number of amides is 1. The molecule has 0 spiro atoms. The highest BCUT2D eigenvalue weighted by Gasteiger charge is 2.22. The van der Waals surface area contributed by atoms with Gasteiger partial charge >= 0.3 is 0 Å². The van der Waals surface area contributed by atoms with Crippen LogP contribution >= 0.6 is 0 Å². The van der Waals surface area contributed by atoms with Crippen LogP contribution in [0, 0.1) is 5.92 Å². The van der Waals surface area contributed by atoms with Crippen molar-refractivity contribution in [1.82, 2.24) is 20.2 Å². The molecule has 0 saturated heterocycles. The molecule has 0 radical (unpaired) electrons. The highest BCUT2D eigenvalue weighted by Crippen LogP contribution is 2.32. The van der Waals surface area contributed by atoms with Crippen LogP contribution in [0.5, 0.6) is 0 Å². The molecule has 2 aromatic heterocycles. The summed E-state index contributed by atoms with van der Waals surface area (Å²) in [5, 5.41) is 10.7. The summed E-state index contributed by atoms with van der Waals surface area (Å²) in [7, 11) is 0. The molecule has 0 unspecified atom stereocenters. The van der Waals surface area contributed by atoms with Gasteiger partial charge in [-0.25, -0.2) is 9.97 Å². The minimum Gasteiger partial charge on any atom is -0.364 e. The van der Waals surface area contributed by atoms with E-state index in [4.69, 9.17) is 5.73 Å². The second-order valence-corrected chi connectivity index (χ2v) is 5.86. The van der Waals surface area contributed by atoms with Crippen LogP contribution in [0.2, 0.25) is 0 Å².